The van der Waals surface area contributed by atoms with Gasteiger partial charge in [-0.2, -0.15) is 0 Å². The van der Waals surface area contributed by atoms with Crippen molar-refractivity contribution in [2.75, 3.05) is 5.73 Å². The van der Waals surface area contributed by atoms with E-state index in [1.807, 2.05) is 30.3 Å². The molecule has 0 saturated heterocycles. The van der Waals surface area contributed by atoms with Crippen molar-refractivity contribution in [3.05, 3.63) is 52.2 Å². The molecule has 3 nitrogen and oxygen atoms in total. The van der Waals surface area contributed by atoms with Crippen molar-refractivity contribution in [2.45, 2.75) is 39.2 Å². The maximum atomic E-state index is 12.4. The van der Waals surface area contributed by atoms with Gasteiger partial charge in [0.25, 0.3) is 0 Å². The molecule has 0 aliphatic rings. The SMILES string of the molecule is CCC(CC)C(NC(=O)Cc1ccc(N)cc1)c1cccs1. The molecule has 1 aromatic carbocycles. The van der Waals surface area contributed by atoms with Gasteiger partial charge in [0, 0.05) is 10.6 Å². The van der Waals surface area contributed by atoms with Crippen LogP contribution in [0, 0.1) is 5.92 Å². The monoisotopic (exact) mass is 316 g/mol. The molecule has 1 aromatic heterocycles. The van der Waals surface area contributed by atoms with Gasteiger partial charge in [0.15, 0.2) is 0 Å². The van der Waals surface area contributed by atoms with Crippen LogP contribution in [0.25, 0.3) is 0 Å². The van der Waals surface area contributed by atoms with Crippen molar-refractivity contribution < 1.29 is 4.79 Å². The van der Waals surface area contributed by atoms with Crippen molar-refractivity contribution in [1.29, 1.82) is 0 Å². The van der Waals surface area contributed by atoms with Gasteiger partial charge in [-0.25, -0.2) is 0 Å². The summed E-state index contributed by atoms with van der Waals surface area (Å²) in [6, 6.07) is 11.7. The molecule has 3 N–H and O–H groups in total. The topological polar surface area (TPSA) is 55.1 Å². The largest absolute Gasteiger partial charge is 0.399 e. The Morgan fingerprint density at radius 3 is 2.41 bits per heavy atom. The molecule has 0 aliphatic heterocycles. The van der Waals surface area contributed by atoms with Crippen LogP contribution in [0.4, 0.5) is 5.69 Å². The lowest BCUT2D eigenvalue weighted by Crippen LogP contribution is -2.33. The van der Waals surface area contributed by atoms with Gasteiger partial charge in [0.1, 0.15) is 0 Å². The van der Waals surface area contributed by atoms with Crippen molar-refractivity contribution in [2.24, 2.45) is 5.92 Å². The van der Waals surface area contributed by atoms with Crippen molar-refractivity contribution in [1.82, 2.24) is 5.32 Å². The van der Waals surface area contributed by atoms with Gasteiger partial charge < -0.3 is 11.1 Å². The van der Waals surface area contributed by atoms with Crippen molar-refractivity contribution in [3.8, 4) is 0 Å². The molecule has 1 heterocycles. The highest BCUT2D eigenvalue weighted by Gasteiger charge is 2.23. The Morgan fingerprint density at radius 2 is 1.86 bits per heavy atom. The zero-order valence-corrected chi connectivity index (χ0v) is 14.0. The molecule has 4 heteroatoms. The number of amides is 1. The Hall–Kier alpha value is -1.81. The van der Waals surface area contributed by atoms with Crippen LogP contribution in [0.5, 0.6) is 0 Å². The number of benzene rings is 1. The minimum Gasteiger partial charge on any atom is -0.399 e. The number of carbonyl (C=O) groups is 1. The summed E-state index contributed by atoms with van der Waals surface area (Å²) in [5.74, 6) is 0.532. The van der Waals surface area contributed by atoms with E-state index in [1.54, 1.807) is 11.3 Å². The molecule has 0 aliphatic carbocycles. The quantitative estimate of drug-likeness (QED) is 0.753. The second kappa shape index (κ2) is 7.99. The third kappa shape index (κ3) is 4.34. The number of hydrogen-bond acceptors (Lipinski definition) is 3. The van der Waals surface area contributed by atoms with Gasteiger partial charge in [-0.15, -0.1) is 11.3 Å². The third-order valence-corrected chi connectivity index (χ3v) is 4.99. The first kappa shape index (κ1) is 16.6. The number of rotatable bonds is 7. The molecule has 0 radical (unpaired) electrons. The Bertz CT molecular complexity index is 574. The molecular weight excluding hydrogens is 292 g/mol. The summed E-state index contributed by atoms with van der Waals surface area (Å²) in [5, 5.41) is 5.29. The average molecular weight is 316 g/mol. The Morgan fingerprint density at radius 1 is 1.18 bits per heavy atom. The standard InChI is InChI=1S/C18H24N2OS/c1-3-14(4-2)18(16-6-5-11-22-16)20-17(21)12-13-7-9-15(19)10-8-13/h5-11,14,18H,3-4,12,19H2,1-2H3,(H,20,21). The number of nitrogens with two attached hydrogens (primary N) is 1. The average Bonchev–Trinajstić information content (AvgIpc) is 3.04. The molecule has 0 saturated carbocycles. The van der Waals surface area contributed by atoms with Crippen LogP contribution in [0.1, 0.15) is 43.2 Å². The van der Waals surface area contributed by atoms with Crippen LogP contribution in [-0.2, 0) is 11.2 Å². The minimum atomic E-state index is 0.0649. The Balaban J connectivity index is 2.06. The van der Waals surface area contributed by atoms with E-state index in [4.69, 9.17) is 5.73 Å². The van der Waals surface area contributed by atoms with Crippen molar-refractivity contribution >= 4 is 22.9 Å². The van der Waals surface area contributed by atoms with E-state index >= 15 is 0 Å². The zero-order chi connectivity index (χ0) is 15.9. The molecule has 1 amide bonds. The Kier molecular flexibility index (Phi) is 6.01. The predicted octanol–water partition coefficient (Wildman–Crippen LogP) is 4.17. The van der Waals surface area contributed by atoms with E-state index in [2.05, 4.69) is 30.6 Å². The molecule has 0 spiro atoms. The maximum absolute atomic E-state index is 12.4. The molecule has 22 heavy (non-hydrogen) atoms. The first-order chi connectivity index (χ1) is 10.6. The highest BCUT2D eigenvalue weighted by atomic mass is 32.1. The van der Waals surface area contributed by atoms with E-state index in [-0.39, 0.29) is 11.9 Å². The minimum absolute atomic E-state index is 0.0649. The summed E-state index contributed by atoms with van der Waals surface area (Å²) in [6.07, 6.45) is 2.50. The molecule has 2 aromatic rings. The van der Waals surface area contributed by atoms with Gasteiger partial charge >= 0.3 is 0 Å². The van der Waals surface area contributed by atoms with Gasteiger partial charge in [0.05, 0.1) is 12.5 Å². The van der Waals surface area contributed by atoms with Crippen LogP contribution < -0.4 is 11.1 Å². The van der Waals surface area contributed by atoms with Crippen molar-refractivity contribution in [3.63, 3.8) is 0 Å². The summed E-state index contributed by atoms with van der Waals surface area (Å²) < 4.78 is 0. The fraction of sp³-hybridized carbons (Fsp3) is 0.389. The molecule has 1 atom stereocenters. The lowest BCUT2D eigenvalue weighted by molar-refractivity contribution is -0.121. The molecule has 0 bridgehead atoms. The summed E-state index contributed by atoms with van der Waals surface area (Å²) in [6.45, 7) is 4.36. The van der Waals surface area contributed by atoms with E-state index in [0.717, 1.165) is 24.1 Å². The number of nitrogens with one attached hydrogen (secondary N) is 1. The van der Waals surface area contributed by atoms with Gasteiger partial charge in [-0.3, -0.25) is 4.79 Å². The summed E-state index contributed by atoms with van der Waals surface area (Å²) in [4.78, 5) is 13.6. The van der Waals surface area contributed by atoms with Crippen LogP contribution in [-0.4, -0.2) is 5.91 Å². The summed E-state index contributed by atoms with van der Waals surface area (Å²) in [5.41, 5.74) is 7.39. The van der Waals surface area contributed by atoms with Crippen LogP contribution in [0.15, 0.2) is 41.8 Å². The van der Waals surface area contributed by atoms with E-state index in [1.165, 1.54) is 4.88 Å². The van der Waals surface area contributed by atoms with E-state index in [9.17, 15) is 4.79 Å². The second-order valence-corrected chi connectivity index (χ2v) is 6.53. The molecule has 1 unspecified atom stereocenters. The first-order valence-corrected chi connectivity index (χ1v) is 8.69. The lowest BCUT2D eigenvalue weighted by Gasteiger charge is -2.25. The zero-order valence-electron chi connectivity index (χ0n) is 13.2. The predicted molar refractivity (Wildman–Crippen MR) is 93.8 cm³/mol. The molecule has 118 valence electrons. The molecular formula is C18H24N2OS. The van der Waals surface area contributed by atoms with Gasteiger partial charge in [0.2, 0.25) is 5.91 Å². The molecule has 2 rings (SSSR count). The number of carbonyl (C=O) groups excluding carboxylic acids is 1. The fourth-order valence-electron chi connectivity index (χ4n) is 2.69. The van der Waals surface area contributed by atoms with E-state index < -0.39 is 0 Å². The van der Waals surface area contributed by atoms with Crippen LogP contribution in [0.2, 0.25) is 0 Å². The number of anilines is 1. The van der Waals surface area contributed by atoms with Crippen LogP contribution in [0.3, 0.4) is 0 Å². The fourth-order valence-corrected chi connectivity index (χ4v) is 3.56. The smallest absolute Gasteiger partial charge is 0.224 e. The second-order valence-electron chi connectivity index (χ2n) is 5.56. The lowest BCUT2D eigenvalue weighted by atomic mass is 9.92. The molecule has 0 fully saturated rings. The van der Waals surface area contributed by atoms with E-state index in [0.29, 0.717) is 12.3 Å². The van der Waals surface area contributed by atoms with Crippen LogP contribution >= 0.6 is 11.3 Å². The number of nitrogen functional groups attached to an aromatic ring is 1. The summed E-state index contributed by atoms with van der Waals surface area (Å²) >= 11 is 1.71. The highest BCUT2D eigenvalue weighted by Crippen LogP contribution is 2.30. The normalized spacial score (nSPS) is 12.3. The number of hydrogen-bond donors (Lipinski definition) is 2. The maximum Gasteiger partial charge on any atom is 0.224 e. The Labute approximate surface area is 136 Å². The third-order valence-electron chi connectivity index (χ3n) is 4.03. The summed E-state index contributed by atoms with van der Waals surface area (Å²) in [7, 11) is 0. The number of thiophene rings is 1. The van der Waals surface area contributed by atoms with Gasteiger partial charge in [-0.05, 0) is 35.1 Å². The van der Waals surface area contributed by atoms with Gasteiger partial charge in [-0.1, -0.05) is 44.9 Å². The first-order valence-electron chi connectivity index (χ1n) is 7.81. The highest BCUT2D eigenvalue weighted by molar-refractivity contribution is 7.10.